The summed E-state index contributed by atoms with van der Waals surface area (Å²) < 4.78 is 26.3. The number of rotatable bonds is 7. The van der Waals surface area contributed by atoms with Gasteiger partial charge in [0.25, 0.3) is 0 Å². The van der Waals surface area contributed by atoms with E-state index in [1.54, 1.807) is 18.3 Å². The number of sulfonamides is 1. The lowest BCUT2D eigenvalue weighted by atomic mass is 10.4. The lowest BCUT2D eigenvalue weighted by Gasteiger charge is -2.06. The second-order valence-electron chi connectivity index (χ2n) is 3.99. The Hall–Kier alpha value is -1.97. The summed E-state index contributed by atoms with van der Waals surface area (Å²) >= 11 is 0.876. The topological polar surface area (TPSA) is 108 Å². The Kier molecular flexibility index (Phi) is 4.89. The van der Waals surface area contributed by atoms with Gasteiger partial charge in [-0.2, -0.15) is 0 Å². The van der Waals surface area contributed by atoms with Crippen LogP contribution in [-0.2, 0) is 10.0 Å². The largest absolute Gasteiger partial charge is 0.477 e. The summed E-state index contributed by atoms with van der Waals surface area (Å²) in [6.45, 7) is 0.531. The SMILES string of the molecule is O=C(O)c1cc(S(=O)(=O)NCCNc2ccccn2)cs1. The molecule has 0 radical (unpaired) electrons. The van der Waals surface area contributed by atoms with Crippen LogP contribution in [0.2, 0.25) is 0 Å². The number of hydrogen-bond acceptors (Lipinski definition) is 6. The summed E-state index contributed by atoms with van der Waals surface area (Å²) in [7, 11) is -3.69. The predicted molar refractivity (Wildman–Crippen MR) is 79.2 cm³/mol. The molecule has 9 heteroatoms. The van der Waals surface area contributed by atoms with Crippen molar-refractivity contribution in [3.8, 4) is 0 Å². The number of carbonyl (C=O) groups is 1. The molecule has 2 aromatic rings. The number of anilines is 1. The van der Waals surface area contributed by atoms with Crippen LogP contribution in [0.5, 0.6) is 0 Å². The highest BCUT2D eigenvalue weighted by Crippen LogP contribution is 2.18. The van der Waals surface area contributed by atoms with Crippen molar-refractivity contribution in [1.29, 1.82) is 0 Å². The molecule has 0 fully saturated rings. The van der Waals surface area contributed by atoms with Crippen LogP contribution in [0, 0.1) is 0 Å². The zero-order valence-electron chi connectivity index (χ0n) is 10.8. The van der Waals surface area contributed by atoms with E-state index in [-0.39, 0.29) is 16.3 Å². The molecule has 0 saturated carbocycles. The molecule has 2 aromatic heterocycles. The van der Waals surface area contributed by atoms with Gasteiger partial charge in [0.15, 0.2) is 0 Å². The minimum Gasteiger partial charge on any atom is -0.477 e. The van der Waals surface area contributed by atoms with E-state index in [0.717, 1.165) is 17.4 Å². The lowest BCUT2D eigenvalue weighted by Crippen LogP contribution is -2.28. The van der Waals surface area contributed by atoms with Gasteiger partial charge >= 0.3 is 5.97 Å². The molecule has 21 heavy (non-hydrogen) atoms. The second kappa shape index (κ2) is 6.66. The first-order valence-corrected chi connectivity index (χ1v) is 8.32. The van der Waals surface area contributed by atoms with Gasteiger partial charge in [-0.15, -0.1) is 11.3 Å². The molecule has 0 atom stereocenters. The van der Waals surface area contributed by atoms with Gasteiger partial charge in [-0.25, -0.2) is 22.9 Å². The molecule has 2 rings (SSSR count). The summed E-state index contributed by atoms with van der Waals surface area (Å²) in [6.07, 6.45) is 1.63. The number of carboxylic acids is 1. The Balaban J connectivity index is 1.88. The minimum absolute atomic E-state index is 0.0121. The standard InChI is InChI=1S/C12H13N3O4S2/c16-12(17)10-7-9(8-20-10)21(18,19)15-6-5-14-11-3-1-2-4-13-11/h1-4,7-8,15H,5-6H2,(H,13,14)(H,16,17). The van der Waals surface area contributed by atoms with E-state index in [9.17, 15) is 13.2 Å². The number of aromatic carboxylic acids is 1. The number of hydrogen-bond donors (Lipinski definition) is 3. The maximum atomic E-state index is 11.9. The fourth-order valence-corrected chi connectivity index (χ4v) is 3.64. The van der Waals surface area contributed by atoms with Crippen molar-refractivity contribution in [1.82, 2.24) is 9.71 Å². The molecular weight excluding hydrogens is 314 g/mol. The summed E-state index contributed by atoms with van der Waals surface area (Å²) in [5.74, 6) is -0.487. The van der Waals surface area contributed by atoms with Crippen LogP contribution < -0.4 is 10.0 Å². The molecule has 0 spiro atoms. The van der Waals surface area contributed by atoms with Gasteiger partial charge in [0.05, 0.1) is 4.90 Å². The van der Waals surface area contributed by atoms with Gasteiger partial charge in [-0.05, 0) is 18.2 Å². The molecule has 0 unspecified atom stereocenters. The summed E-state index contributed by atoms with van der Waals surface area (Å²) in [5.41, 5.74) is 0. The predicted octanol–water partition coefficient (Wildman–Crippen LogP) is 1.23. The van der Waals surface area contributed by atoms with E-state index in [2.05, 4.69) is 15.0 Å². The smallest absolute Gasteiger partial charge is 0.345 e. The monoisotopic (exact) mass is 327 g/mol. The maximum Gasteiger partial charge on any atom is 0.345 e. The first-order chi connectivity index (χ1) is 9.99. The fourth-order valence-electron chi connectivity index (χ4n) is 1.50. The first kappa shape index (κ1) is 15.4. The third-order valence-electron chi connectivity index (χ3n) is 2.48. The van der Waals surface area contributed by atoms with Crippen LogP contribution in [0.25, 0.3) is 0 Å². The van der Waals surface area contributed by atoms with E-state index in [4.69, 9.17) is 5.11 Å². The number of nitrogens with zero attached hydrogens (tertiary/aromatic N) is 1. The van der Waals surface area contributed by atoms with E-state index < -0.39 is 16.0 Å². The van der Waals surface area contributed by atoms with E-state index >= 15 is 0 Å². The van der Waals surface area contributed by atoms with Crippen LogP contribution >= 0.6 is 11.3 Å². The zero-order chi connectivity index (χ0) is 15.3. The highest BCUT2D eigenvalue weighted by atomic mass is 32.2. The first-order valence-electron chi connectivity index (χ1n) is 5.95. The van der Waals surface area contributed by atoms with Crippen LogP contribution in [0.1, 0.15) is 9.67 Å². The molecule has 0 aliphatic carbocycles. The number of nitrogens with one attached hydrogen (secondary N) is 2. The second-order valence-corrected chi connectivity index (χ2v) is 6.67. The van der Waals surface area contributed by atoms with Crippen molar-refractivity contribution in [3.05, 3.63) is 40.7 Å². The van der Waals surface area contributed by atoms with Crippen molar-refractivity contribution in [3.63, 3.8) is 0 Å². The summed E-state index contributed by atoms with van der Waals surface area (Å²) in [4.78, 5) is 14.7. The molecule has 7 nitrogen and oxygen atoms in total. The molecule has 0 aromatic carbocycles. The average Bonchev–Trinajstić information content (AvgIpc) is 2.96. The maximum absolute atomic E-state index is 11.9. The average molecular weight is 327 g/mol. The van der Waals surface area contributed by atoms with E-state index in [1.807, 2.05) is 6.07 Å². The number of aromatic nitrogens is 1. The molecule has 2 heterocycles. The molecular formula is C12H13N3O4S2. The Morgan fingerprint density at radius 3 is 2.76 bits per heavy atom. The van der Waals surface area contributed by atoms with E-state index in [1.165, 1.54) is 5.38 Å². The van der Waals surface area contributed by atoms with Crippen molar-refractivity contribution in [2.45, 2.75) is 4.90 Å². The molecule has 0 amide bonds. The van der Waals surface area contributed by atoms with Crippen LogP contribution in [-0.4, -0.2) is 37.6 Å². The summed E-state index contributed by atoms with van der Waals surface area (Å²) in [6, 6.07) is 6.51. The van der Waals surface area contributed by atoms with Crippen molar-refractivity contribution >= 4 is 33.1 Å². The third-order valence-corrected chi connectivity index (χ3v) is 4.99. The van der Waals surface area contributed by atoms with Gasteiger partial charge in [0.2, 0.25) is 10.0 Å². The Labute approximate surface area is 125 Å². The number of pyridine rings is 1. The highest BCUT2D eigenvalue weighted by Gasteiger charge is 2.17. The molecule has 0 aliphatic heterocycles. The van der Waals surface area contributed by atoms with Gasteiger partial charge in [0, 0.05) is 24.7 Å². The van der Waals surface area contributed by atoms with Gasteiger partial charge in [-0.1, -0.05) is 6.07 Å². The van der Waals surface area contributed by atoms with Gasteiger partial charge in [0.1, 0.15) is 10.7 Å². The number of carboxylic acid groups (broad SMARTS) is 1. The quantitative estimate of drug-likeness (QED) is 0.660. The Bertz CT molecular complexity index is 713. The minimum atomic E-state index is -3.69. The Morgan fingerprint density at radius 1 is 1.33 bits per heavy atom. The third kappa shape index (κ3) is 4.25. The van der Waals surface area contributed by atoms with Crippen LogP contribution in [0.3, 0.4) is 0 Å². The normalized spacial score (nSPS) is 11.2. The van der Waals surface area contributed by atoms with Crippen LogP contribution in [0.15, 0.2) is 40.7 Å². The fraction of sp³-hybridized carbons (Fsp3) is 0.167. The number of thiophene rings is 1. The van der Waals surface area contributed by atoms with Crippen molar-refractivity contribution in [2.24, 2.45) is 0 Å². The van der Waals surface area contributed by atoms with Crippen molar-refractivity contribution in [2.75, 3.05) is 18.4 Å². The molecule has 3 N–H and O–H groups in total. The highest BCUT2D eigenvalue weighted by molar-refractivity contribution is 7.89. The van der Waals surface area contributed by atoms with Gasteiger partial charge in [-0.3, -0.25) is 0 Å². The summed E-state index contributed by atoms with van der Waals surface area (Å²) in [5, 5.41) is 13.0. The molecule has 0 bridgehead atoms. The van der Waals surface area contributed by atoms with Crippen molar-refractivity contribution < 1.29 is 18.3 Å². The molecule has 112 valence electrons. The van der Waals surface area contributed by atoms with Crippen LogP contribution in [0.4, 0.5) is 5.82 Å². The molecule has 0 saturated heterocycles. The van der Waals surface area contributed by atoms with Gasteiger partial charge < -0.3 is 10.4 Å². The molecule has 0 aliphatic rings. The zero-order valence-corrected chi connectivity index (χ0v) is 12.4. The van der Waals surface area contributed by atoms with E-state index in [0.29, 0.717) is 12.4 Å². The lowest BCUT2D eigenvalue weighted by molar-refractivity contribution is 0.0702. The Morgan fingerprint density at radius 2 is 2.14 bits per heavy atom.